The maximum absolute atomic E-state index is 12.6. The van der Waals surface area contributed by atoms with E-state index in [1.165, 1.54) is 12.8 Å². The fourth-order valence-corrected chi connectivity index (χ4v) is 2.75. The molecule has 1 fully saturated rings. The van der Waals surface area contributed by atoms with Gasteiger partial charge < -0.3 is 14.4 Å². The van der Waals surface area contributed by atoms with E-state index < -0.39 is 0 Å². The maximum Gasteiger partial charge on any atom is 0.253 e. The monoisotopic (exact) mass is 275 g/mol. The fourth-order valence-electron chi connectivity index (χ4n) is 2.75. The summed E-state index contributed by atoms with van der Waals surface area (Å²) in [5.74, 6) is 1.56. The van der Waals surface area contributed by atoms with Gasteiger partial charge in [0.2, 0.25) is 0 Å². The predicted octanol–water partition coefficient (Wildman–Crippen LogP) is 2.86. The van der Waals surface area contributed by atoms with E-state index in [1.54, 1.807) is 0 Å². The van der Waals surface area contributed by atoms with Crippen LogP contribution in [0.5, 0.6) is 11.5 Å². The van der Waals surface area contributed by atoms with Gasteiger partial charge in [0, 0.05) is 25.1 Å². The number of ether oxygens (including phenoxy) is 2. The molecule has 0 spiro atoms. The molecule has 4 heteroatoms. The zero-order valence-electron chi connectivity index (χ0n) is 11.8. The smallest absolute Gasteiger partial charge is 0.253 e. The van der Waals surface area contributed by atoms with Crippen LogP contribution in [0.4, 0.5) is 0 Å². The van der Waals surface area contributed by atoms with Gasteiger partial charge in [-0.1, -0.05) is 12.8 Å². The lowest BCUT2D eigenvalue weighted by Gasteiger charge is -2.20. The van der Waals surface area contributed by atoms with Crippen LogP contribution in [0, 0.1) is 0 Å². The van der Waals surface area contributed by atoms with Gasteiger partial charge in [0.25, 0.3) is 5.91 Å². The van der Waals surface area contributed by atoms with Crippen LogP contribution in [-0.2, 0) is 0 Å². The van der Waals surface area contributed by atoms with Gasteiger partial charge in [0.1, 0.15) is 0 Å². The number of likely N-dealkylation sites (tertiary alicyclic amines) is 1. The Morgan fingerprint density at radius 2 is 1.60 bits per heavy atom. The molecule has 3 rings (SSSR count). The summed E-state index contributed by atoms with van der Waals surface area (Å²) in [6, 6.07) is 5.53. The first-order valence-corrected chi connectivity index (χ1v) is 7.53. The number of fused-ring (bicyclic) bond motifs is 1. The molecule has 0 aromatic heterocycles. The Balaban J connectivity index is 1.79. The molecule has 2 heterocycles. The molecule has 0 N–H and O–H groups in total. The summed E-state index contributed by atoms with van der Waals surface area (Å²) in [6.45, 7) is 3.06. The average molecular weight is 275 g/mol. The lowest BCUT2D eigenvalue weighted by molar-refractivity contribution is 0.0761. The summed E-state index contributed by atoms with van der Waals surface area (Å²) in [5, 5.41) is 0. The Kier molecular flexibility index (Phi) is 4.09. The molecule has 1 aromatic rings. The number of amides is 1. The molecular formula is C16H21NO3. The number of hydrogen-bond acceptors (Lipinski definition) is 3. The van der Waals surface area contributed by atoms with E-state index in [9.17, 15) is 4.79 Å². The molecule has 2 aliphatic rings. The fraction of sp³-hybridized carbons (Fsp3) is 0.562. The SMILES string of the molecule is O=C(c1ccc2c(c1)OCCCO2)N1CCCCCC1. The van der Waals surface area contributed by atoms with Crippen molar-refractivity contribution >= 4 is 5.91 Å². The second kappa shape index (κ2) is 6.16. The summed E-state index contributed by atoms with van der Waals surface area (Å²) >= 11 is 0. The van der Waals surface area contributed by atoms with Crippen LogP contribution in [0.15, 0.2) is 18.2 Å². The van der Waals surface area contributed by atoms with Crippen molar-refractivity contribution in [3.8, 4) is 11.5 Å². The third-order valence-corrected chi connectivity index (χ3v) is 3.89. The highest BCUT2D eigenvalue weighted by atomic mass is 16.5. The normalized spacial score (nSPS) is 19.1. The number of rotatable bonds is 1. The molecule has 0 radical (unpaired) electrons. The van der Waals surface area contributed by atoms with Gasteiger partial charge in [-0.2, -0.15) is 0 Å². The Labute approximate surface area is 119 Å². The first-order chi connectivity index (χ1) is 9.84. The minimum atomic E-state index is 0.113. The van der Waals surface area contributed by atoms with E-state index >= 15 is 0 Å². The van der Waals surface area contributed by atoms with Crippen molar-refractivity contribution in [1.29, 1.82) is 0 Å². The van der Waals surface area contributed by atoms with E-state index in [0.29, 0.717) is 24.5 Å². The number of hydrogen-bond donors (Lipinski definition) is 0. The molecule has 108 valence electrons. The molecule has 0 bridgehead atoms. The van der Waals surface area contributed by atoms with Crippen LogP contribution < -0.4 is 9.47 Å². The first-order valence-electron chi connectivity index (χ1n) is 7.53. The van der Waals surface area contributed by atoms with Crippen LogP contribution in [0.25, 0.3) is 0 Å². The quantitative estimate of drug-likeness (QED) is 0.791. The standard InChI is InChI=1S/C16H21NO3/c18-16(17-8-3-1-2-4-9-17)13-6-7-14-15(12-13)20-11-5-10-19-14/h6-7,12H,1-5,8-11H2. The number of nitrogens with zero attached hydrogens (tertiary/aromatic N) is 1. The van der Waals surface area contributed by atoms with Crippen molar-refractivity contribution < 1.29 is 14.3 Å². The largest absolute Gasteiger partial charge is 0.490 e. The Morgan fingerprint density at radius 1 is 0.900 bits per heavy atom. The number of carbonyl (C=O) groups excluding carboxylic acids is 1. The van der Waals surface area contributed by atoms with Crippen molar-refractivity contribution in [1.82, 2.24) is 4.90 Å². The summed E-state index contributed by atoms with van der Waals surface area (Å²) in [7, 11) is 0. The van der Waals surface area contributed by atoms with Crippen LogP contribution in [0.2, 0.25) is 0 Å². The van der Waals surface area contributed by atoms with Crippen molar-refractivity contribution in [3.05, 3.63) is 23.8 Å². The number of benzene rings is 1. The third-order valence-electron chi connectivity index (χ3n) is 3.89. The summed E-state index contributed by atoms with van der Waals surface area (Å²) in [4.78, 5) is 14.5. The predicted molar refractivity (Wildman–Crippen MR) is 76.4 cm³/mol. The number of carbonyl (C=O) groups is 1. The minimum absolute atomic E-state index is 0.113. The maximum atomic E-state index is 12.6. The minimum Gasteiger partial charge on any atom is -0.490 e. The summed E-state index contributed by atoms with van der Waals surface area (Å²) in [6.07, 6.45) is 5.55. The molecular weight excluding hydrogens is 254 g/mol. The summed E-state index contributed by atoms with van der Waals surface area (Å²) in [5.41, 5.74) is 0.705. The highest BCUT2D eigenvalue weighted by Crippen LogP contribution is 2.31. The molecule has 0 atom stereocenters. The lowest BCUT2D eigenvalue weighted by Crippen LogP contribution is -2.31. The van der Waals surface area contributed by atoms with Crippen molar-refractivity contribution in [2.75, 3.05) is 26.3 Å². The second-order valence-corrected chi connectivity index (χ2v) is 5.42. The first kappa shape index (κ1) is 13.3. The molecule has 1 saturated heterocycles. The second-order valence-electron chi connectivity index (χ2n) is 5.42. The zero-order chi connectivity index (χ0) is 13.8. The van der Waals surface area contributed by atoms with Gasteiger partial charge in [-0.05, 0) is 31.0 Å². The average Bonchev–Trinajstić information content (AvgIpc) is 2.88. The lowest BCUT2D eigenvalue weighted by atomic mass is 10.1. The van der Waals surface area contributed by atoms with E-state index in [-0.39, 0.29) is 5.91 Å². The van der Waals surface area contributed by atoms with Gasteiger partial charge in [0.15, 0.2) is 11.5 Å². The van der Waals surface area contributed by atoms with E-state index in [4.69, 9.17) is 9.47 Å². The molecule has 0 unspecified atom stereocenters. The summed E-state index contributed by atoms with van der Waals surface area (Å²) < 4.78 is 11.3. The van der Waals surface area contributed by atoms with Crippen LogP contribution in [0.1, 0.15) is 42.5 Å². The third kappa shape index (κ3) is 2.89. The van der Waals surface area contributed by atoms with Crippen molar-refractivity contribution in [2.45, 2.75) is 32.1 Å². The van der Waals surface area contributed by atoms with Gasteiger partial charge in [-0.15, -0.1) is 0 Å². The highest BCUT2D eigenvalue weighted by molar-refractivity contribution is 5.95. The molecule has 4 nitrogen and oxygen atoms in total. The van der Waals surface area contributed by atoms with Gasteiger partial charge in [-0.25, -0.2) is 0 Å². The molecule has 0 saturated carbocycles. The Bertz CT molecular complexity index is 479. The van der Waals surface area contributed by atoms with Gasteiger partial charge in [-0.3, -0.25) is 4.79 Å². The van der Waals surface area contributed by atoms with Gasteiger partial charge in [0.05, 0.1) is 13.2 Å². The molecule has 20 heavy (non-hydrogen) atoms. The topological polar surface area (TPSA) is 38.8 Å². The Hall–Kier alpha value is -1.71. The van der Waals surface area contributed by atoms with Crippen LogP contribution >= 0.6 is 0 Å². The molecule has 2 aliphatic heterocycles. The van der Waals surface area contributed by atoms with E-state index in [0.717, 1.165) is 38.1 Å². The van der Waals surface area contributed by atoms with Crippen LogP contribution in [0.3, 0.4) is 0 Å². The molecule has 1 aromatic carbocycles. The Morgan fingerprint density at radius 3 is 2.35 bits per heavy atom. The van der Waals surface area contributed by atoms with Gasteiger partial charge >= 0.3 is 0 Å². The van der Waals surface area contributed by atoms with E-state index in [2.05, 4.69) is 0 Å². The van der Waals surface area contributed by atoms with E-state index in [1.807, 2.05) is 23.1 Å². The van der Waals surface area contributed by atoms with Crippen molar-refractivity contribution in [3.63, 3.8) is 0 Å². The zero-order valence-corrected chi connectivity index (χ0v) is 11.8. The van der Waals surface area contributed by atoms with Crippen molar-refractivity contribution in [2.24, 2.45) is 0 Å². The highest BCUT2D eigenvalue weighted by Gasteiger charge is 2.19. The molecule has 0 aliphatic carbocycles. The molecule has 1 amide bonds. The van der Waals surface area contributed by atoms with Crippen LogP contribution in [-0.4, -0.2) is 37.1 Å².